The van der Waals surface area contributed by atoms with E-state index in [0.29, 0.717) is 45.3 Å². The minimum Gasteiger partial charge on any atom is -0.457 e. The number of benzene rings is 1. The van der Waals surface area contributed by atoms with Crippen molar-refractivity contribution >= 4 is 39.6 Å². The lowest BCUT2D eigenvalue weighted by Gasteiger charge is -2.35. The number of amides is 1. The van der Waals surface area contributed by atoms with Crippen LogP contribution < -0.4 is 15.8 Å². The number of esters is 1. The molecule has 2 unspecified atom stereocenters. The highest BCUT2D eigenvalue weighted by atomic mass is 32.1. The number of nitrogens with zero attached hydrogens (tertiary/aromatic N) is 4. The first-order valence-corrected chi connectivity index (χ1v) is 13.7. The predicted molar refractivity (Wildman–Crippen MR) is 149 cm³/mol. The van der Waals surface area contributed by atoms with Crippen molar-refractivity contribution in [1.29, 1.82) is 5.26 Å². The van der Waals surface area contributed by atoms with Gasteiger partial charge in [0.2, 0.25) is 5.95 Å². The van der Waals surface area contributed by atoms with Crippen molar-refractivity contribution in [3.8, 4) is 6.07 Å². The topological polar surface area (TPSA) is 127 Å². The smallest absolute Gasteiger partial charge is 0.407 e. The molecule has 1 aliphatic rings. The Morgan fingerprint density at radius 2 is 2.05 bits per heavy atom. The standard InChI is InChI=1S/C28H33N5O5S/c1-17(37-18(2)34)23-13-22-24(39-23)25(35)33(15-20-10-7-6-9-19(20)14-29)26(31-22)32-12-8-11-21(16-32)30-27(36)38-28(3,4)5/h6-7,9-10,13,17,21H,8,11-12,15-16H2,1-5H3,(H,30,36). The summed E-state index contributed by atoms with van der Waals surface area (Å²) in [6, 6.07) is 11.0. The Morgan fingerprint density at radius 1 is 1.31 bits per heavy atom. The lowest BCUT2D eigenvalue weighted by Crippen LogP contribution is -2.50. The molecule has 3 heterocycles. The van der Waals surface area contributed by atoms with Crippen molar-refractivity contribution in [3.05, 3.63) is 56.7 Å². The highest BCUT2D eigenvalue weighted by molar-refractivity contribution is 7.19. The number of alkyl carbamates (subject to hydrolysis) is 1. The van der Waals surface area contributed by atoms with Crippen LogP contribution in [0.1, 0.15) is 69.6 Å². The summed E-state index contributed by atoms with van der Waals surface area (Å²) in [5, 5.41) is 12.6. The second-order valence-electron chi connectivity index (χ2n) is 10.6. The maximum atomic E-state index is 13.9. The molecule has 1 N–H and O–H groups in total. The van der Waals surface area contributed by atoms with Gasteiger partial charge in [-0.1, -0.05) is 18.2 Å². The van der Waals surface area contributed by atoms with Crippen molar-refractivity contribution in [3.63, 3.8) is 0 Å². The van der Waals surface area contributed by atoms with Crippen LogP contribution >= 0.6 is 11.3 Å². The van der Waals surface area contributed by atoms with Crippen molar-refractivity contribution in [2.45, 2.75) is 71.8 Å². The van der Waals surface area contributed by atoms with Gasteiger partial charge in [0.15, 0.2) is 0 Å². The lowest BCUT2D eigenvalue weighted by molar-refractivity contribution is -0.145. The normalized spacial score (nSPS) is 16.4. The number of anilines is 1. The lowest BCUT2D eigenvalue weighted by atomic mass is 10.1. The van der Waals surface area contributed by atoms with Crippen LogP contribution in [-0.4, -0.2) is 46.3 Å². The number of ether oxygens (including phenoxy) is 2. The quantitative estimate of drug-likeness (QED) is 0.444. The number of piperidine rings is 1. The molecule has 1 fully saturated rings. The molecule has 39 heavy (non-hydrogen) atoms. The molecule has 206 valence electrons. The zero-order valence-electron chi connectivity index (χ0n) is 22.8. The number of hydrogen-bond acceptors (Lipinski definition) is 9. The first-order valence-electron chi connectivity index (χ1n) is 12.9. The molecule has 1 aliphatic heterocycles. The highest BCUT2D eigenvalue weighted by Crippen LogP contribution is 2.31. The SMILES string of the molecule is CC(=O)OC(C)c1cc2nc(N3CCCC(NC(=O)OC(C)(C)C)C3)n(Cc3ccccc3C#N)c(=O)c2s1. The van der Waals surface area contributed by atoms with Crippen LogP contribution in [0.3, 0.4) is 0 Å². The first-order chi connectivity index (χ1) is 18.4. The van der Waals surface area contributed by atoms with E-state index in [4.69, 9.17) is 14.5 Å². The van der Waals surface area contributed by atoms with Crippen LogP contribution in [0.25, 0.3) is 10.2 Å². The molecule has 11 heteroatoms. The van der Waals surface area contributed by atoms with E-state index in [2.05, 4.69) is 11.4 Å². The van der Waals surface area contributed by atoms with Gasteiger partial charge in [0.25, 0.3) is 5.56 Å². The number of rotatable bonds is 6. The number of hydrogen-bond donors (Lipinski definition) is 1. The maximum absolute atomic E-state index is 13.9. The minimum absolute atomic E-state index is 0.161. The van der Waals surface area contributed by atoms with E-state index < -0.39 is 23.8 Å². The predicted octanol–water partition coefficient (Wildman–Crippen LogP) is 4.50. The van der Waals surface area contributed by atoms with Crippen molar-refractivity contribution < 1.29 is 19.1 Å². The Labute approximate surface area is 231 Å². The summed E-state index contributed by atoms with van der Waals surface area (Å²) in [6.45, 7) is 9.79. The van der Waals surface area contributed by atoms with Gasteiger partial charge >= 0.3 is 12.1 Å². The third kappa shape index (κ3) is 6.75. The molecular formula is C28H33N5O5S. The number of aromatic nitrogens is 2. The van der Waals surface area contributed by atoms with Gasteiger partial charge in [0.05, 0.1) is 23.7 Å². The number of nitriles is 1. The van der Waals surface area contributed by atoms with Crippen molar-refractivity contribution in [2.75, 3.05) is 18.0 Å². The first kappa shape index (κ1) is 28.1. The molecule has 0 spiro atoms. The molecule has 1 saturated heterocycles. The van der Waals surface area contributed by atoms with Crippen LogP contribution in [-0.2, 0) is 20.8 Å². The van der Waals surface area contributed by atoms with Crippen LogP contribution in [0.2, 0.25) is 0 Å². The fraction of sp³-hybridized carbons (Fsp3) is 0.464. The fourth-order valence-corrected chi connectivity index (χ4v) is 5.62. The molecule has 0 saturated carbocycles. The van der Waals surface area contributed by atoms with E-state index in [0.717, 1.165) is 12.8 Å². The Hall–Kier alpha value is -3.91. The van der Waals surface area contributed by atoms with Gasteiger partial charge in [-0.15, -0.1) is 11.3 Å². The summed E-state index contributed by atoms with van der Waals surface area (Å²) >= 11 is 1.25. The van der Waals surface area contributed by atoms with Gasteiger partial charge in [0, 0.05) is 30.9 Å². The van der Waals surface area contributed by atoms with E-state index in [1.807, 2.05) is 37.8 Å². The Balaban J connectivity index is 1.74. The Kier molecular flexibility index (Phi) is 8.25. The van der Waals surface area contributed by atoms with Crippen LogP contribution in [0.15, 0.2) is 35.1 Å². The summed E-state index contributed by atoms with van der Waals surface area (Å²) in [7, 11) is 0. The summed E-state index contributed by atoms with van der Waals surface area (Å²) in [4.78, 5) is 45.4. The molecule has 2 atom stereocenters. The average Bonchev–Trinajstić information content (AvgIpc) is 3.29. The number of thiophene rings is 1. The minimum atomic E-state index is -0.612. The number of nitrogens with one attached hydrogen (secondary N) is 1. The molecule has 0 bridgehead atoms. The molecule has 0 radical (unpaired) electrons. The second-order valence-corrected chi connectivity index (χ2v) is 11.7. The van der Waals surface area contributed by atoms with Gasteiger partial charge in [-0.2, -0.15) is 5.26 Å². The van der Waals surface area contributed by atoms with E-state index in [1.54, 1.807) is 29.7 Å². The monoisotopic (exact) mass is 551 g/mol. The summed E-state index contributed by atoms with van der Waals surface area (Å²) in [6.07, 6.45) is 0.540. The van der Waals surface area contributed by atoms with Crippen molar-refractivity contribution in [2.24, 2.45) is 0 Å². The molecule has 0 aliphatic carbocycles. The molecule has 2 aromatic heterocycles. The Bertz CT molecular complexity index is 1480. The number of fused-ring (bicyclic) bond motifs is 1. The number of carbonyl (C=O) groups excluding carboxylic acids is 2. The zero-order valence-corrected chi connectivity index (χ0v) is 23.6. The molecule has 10 nitrogen and oxygen atoms in total. The summed E-state index contributed by atoms with van der Waals surface area (Å²) < 4.78 is 12.8. The third-order valence-corrected chi connectivity index (χ3v) is 7.54. The van der Waals surface area contributed by atoms with Gasteiger partial charge in [-0.05, 0) is 58.2 Å². The largest absolute Gasteiger partial charge is 0.457 e. The number of carbonyl (C=O) groups is 2. The molecule has 3 aromatic rings. The van der Waals surface area contributed by atoms with Crippen molar-refractivity contribution in [1.82, 2.24) is 14.9 Å². The maximum Gasteiger partial charge on any atom is 0.407 e. The van der Waals surface area contributed by atoms with E-state index >= 15 is 0 Å². The van der Waals surface area contributed by atoms with Crippen LogP contribution in [0.5, 0.6) is 0 Å². The van der Waals surface area contributed by atoms with Gasteiger partial charge < -0.3 is 19.7 Å². The van der Waals surface area contributed by atoms with Gasteiger partial charge in [-0.25, -0.2) is 9.78 Å². The summed E-state index contributed by atoms with van der Waals surface area (Å²) in [5.41, 5.74) is 0.848. The molecule has 1 aromatic carbocycles. The second kappa shape index (κ2) is 11.5. The van der Waals surface area contributed by atoms with Gasteiger partial charge in [0.1, 0.15) is 16.4 Å². The average molecular weight is 552 g/mol. The Morgan fingerprint density at radius 3 is 2.74 bits per heavy atom. The van der Waals surface area contributed by atoms with Gasteiger partial charge in [-0.3, -0.25) is 14.2 Å². The van der Waals surface area contributed by atoms with Crippen LogP contribution in [0.4, 0.5) is 10.7 Å². The van der Waals surface area contributed by atoms with E-state index in [9.17, 15) is 19.6 Å². The van der Waals surface area contributed by atoms with E-state index in [1.165, 1.54) is 18.3 Å². The zero-order chi connectivity index (χ0) is 28.3. The summed E-state index contributed by atoms with van der Waals surface area (Å²) in [5.74, 6) is 0.0522. The van der Waals surface area contributed by atoms with Crippen LogP contribution in [0, 0.1) is 11.3 Å². The molecular weight excluding hydrogens is 518 g/mol. The van der Waals surface area contributed by atoms with E-state index in [-0.39, 0.29) is 18.1 Å². The fourth-order valence-electron chi connectivity index (χ4n) is 4.60. The third-order valence-electron chi connectivity index (χ3n) is 6.27. The molecule has 1 amide bonds. The highest BCUT2D eigenvalue weighted by Gasteiger charge is 2.28. The molecule has 4 rings (SSSR count).